The highest BCUT2D eigenvalue weighted by Crippen LogP contribution is 2.28. The van der Waals surface area contributed by atoms with Crippen LogP contribution in [0.5, 0.6) is 5.75 Å². The van der Waals surface area contributed by atoms with Gasteiger partial charge in [-0.05, 0) is 57.0 Å². The number of rotatable bonds is 5. The Hall–Kier alpha value is -1.79. The van der Waals surface area contributed by atoms with Gasteiger partial charge in [-0.15, -0.1) is 0 Å². The highest BCUT2D eigenvalue weighted by Gasteiger charge is 2.29. The number of piperidine rings is 1. The van der Waals surface area contributed by atoms with Gasteiger partial charge in [0.2, 0.25) is 11.8 Å². The lowest BCUT2D eigenvalue weighted by molar-refractivity contribution is -0.137. The highest BCUT2D eigenvalue weighted by molar-refractivity contribution is 6.31. The second kappa shape index (κ2) is 10.1. The molecule has 1 aromatic carbocycles. The Morgan fingerprint density at radius 2 is 1.79 bits per heavy atom. The number of likely N-dealkylation sites (tertiary alicyclic amines) is 2. The van der Waals surface area contributed by atoms with Gasteiger partial charge >= 0.3 is 0 Å². The predicted molar refractivity (Wildman–Crippen MR) is 111 cm³/mol. The van der Waals surface area contributed by atoms with Crippen molar-refractivity contribution in [3.8, 4) is 5.75 Å². The predicted octanol–water partition coefficient (Wildman–Crippen LogP) is 3.40. The summed E-state index contributed by atoms with van der Waals surface area (Å²) < 4.78 is 5.27. The lowest BCUT2D eigenvalue weighted by Crippen LogP contribution is -2.44. The lowest BCUT2D eigenvalue weighted by Gasteiger charge is -2.33. The van der Waals surface area contributed by atoms with Gasteiger partial charge in [0.05, 0.1) is 19.3 Å². The Kier molecular flexibility index (Phi) is 7.57. The minimum absolute atomic E-state index is 0.0992. The maximum Gasteiger partial charge on any atom is 0.238 e. The third-order valence-electron chi connectivity index (χ3n) is 5.66. The van der Waals surface area contributed by atoms with Crippen LogP contribution in [-0.4, -0.2) is 61.4 Å². The summed E-state index contributed by atoms with van der Waals surface area (Å²) in [4.78, 5) is 29.4. The molecule has 0 aliphatic carbocycles. The first-order valence-corrected chi connectivity index (χ1v) is 10.6. The van der Waals surface area contributed by atoms with E-state index in [1.54, 1.807) is 25.3 Å². The van der Waals surface area contributed by atoms with E-state index in [0.717, 1.165) is 51.9 Å². The smallest absolute Gasteiger partial charge is 0.238 e. The molecule has 2 fully saturated rings. The van der Waals surface area contributed by atoms with Crippen LogP contribution in [0.3, 0.4) is 0 Å². The fourth-order valence-corrected chi connectivity index (χ4v) is 4.23. The Balaban J connectivity index is 1.47. The molecular weight excluding hydrogens is 378 g/mol. The number of nitrogens with zero attached hydrogens (tertiary/aromatic N) is 2. The normalized spacial score (nSPS) is 19.1. The minimum Gasteiger partial charge on any atom is -0.495 e. The van der Waals surface area contributed by atoms with Crippen LogP contribution in [0.1, 0.15) is 38.5 Å². The van der Waals surface area contributed by atoms with Crippen molar-refractivity contribution in [3.05, 3.63) is 23.2 Å². The van der Waals surface area contributed by atoms with Gasteiger partial charge in [-0.1, -0.05) is 24.4 Å². The zero-order valence-corrected chi connectivity index (χ0v) is 17.3. The standard InChI is InChI=1S/C21H30ClN3O3/c1-28-19-7-6-17(22)14-18(19)23-20(26)15-24-12-8-16(9-13-24)21(27)25-10-4-2-3-5-11-25/h6-7,14,16H,2-5,8-13,15H2,1H3,(H,23,26). The van der Waals surface area contributed by atoms with Crippen LogP contribution in [0.15, 0.2) is 18.2 Å². The molecule has 0 atom stereocenters. The van der Waals surface area contributed by atoms with Crippen molar-refractivity contribution in [2.45, 2.75) is 38.5 Å². The summed E-state index contributed by atoms with van der Waals surface area (Å²) in [6.45, 7) is 3.65. The number of hydrogen-bond acceptors (Lipinski definition) is 4. The summed E-state index contributed by atoms with van der Waals surface area (Å²) >= 11 is 6.02. The van der Waals surface area contributed by atoms with Gasteiger partial charge in [-0.3, -0.25) is 14.5 Å². The Morgan fingerprint density at radius 3 is 2.43 bits per heavy atom. The molecule has 154 valence electrons. The lowest BCUT2D eigenvalue weighted by atomic mass is 9.95. The van der Waals surface area contributed by atoms with Gasteiger partial charge in [-0.25, -0.2) is 0 Å². The summed E-state index contributed by atoms with van der Waals surface area (Å²) in [5.74, 6) is 0.900. The van der Waals surface area contributed by atoms with E-state index < -0.39 is 0 Å². The van der Waals surface area contributed by atoms with Crippen LogP contribution >= 0.6 is 11.6 Å². The topological polar surface area (TPSA) is 61.9 Å². The monoisotopic (exact) mass is 407 g/mol. The number of amides is 2. The van der Waals surface area contributed by atoms with Crippen LogP contribution < -0.4 is 10.1 Å². The first-order chi connectivity index (χ1) is 13.6. The molecule has 2 aliphatic rings. The number of ether oxygens (including phenoxy) is 1. The number of halogens is 1. The van der Waals surface area contributed by atoms with Crippen LogP contribution in [0.25, 0.3) is 0 Å². The molecule has 0 saturated carbocycles. The molecule has 0 aromatic heterocycles. The number of carbonyl (C=O) groups excluding carboxylic acids is 2. The summed E-state index contributed by atoms with van der Waals surface area (Å²) in [6, 6.07) is 5.14. The first-order valence-electron chi connectivity index (χ1n) is 10.2. The average molecular weight is 408 g/mol. The zero-order chi connectivity index (χ0) is 19.9. The van der Waals surface area contributed by atoms with E-state index in [9.17, 15) is 9.59 Å². The number of nitrogens with one attached hydrogen (secondary N) is 1. The van der Waals surface area contributed by atoms with Crippen molar-refractivity contribution in [3.63, 3.8) is 0 Å². The van der Waals surface area contributed by atoms with E-state index in [0.29, 0.717) is 28.9 Å². The maximum absolute atomic E-state index is 12.8. The van der Waals surface area contributed by atoms with Crippen molar-refractivity contribution in [1.82, 2.24) is 9.80 Å². The third-order valence-corrected chi connectivity index (χ3v) is 5.89. The van der Waals surface area contributed by atoms with E-state index in [2.05, 4.69) is 15.1 Å². The molecule has 6 nitrogen and oxygen atoms in total. The first kappa shape index (κ1) is 20.9. The molecule has 0 unspecified atom stereocenters. The van der Waals surface area contributed by atoms with E-state index in [-0.39, 0.29) is 11.8 Å². The van der Waals surface area contributed by atoms with Gasteiger partial charge in [0.25, 0.3) is 0 Å². The quantitative estimate of drug-likeness (QED) is 0.812. The molecule has 1 N–H and O–H groups in total. The molecule has 2 saturated heterocycles. The molecule has 3 rings (SSSR count). The van der Waals surface area contributed by atoms with Crippen molar-refractivity contribution >= 4 is 29.1 Å². The molecule has 2 amide bonds. The SMILES string of the molecule is COc1ccc(Cl)cc1NC(=O)CN1CCC(C(=O)N2CCCCCC2)CC1. The number of anilines is 1. The number of hydrogen-bond donors (Lipinski definition) is 1. The Labute approximate surface area is 172 Å². The molecule has 2 heterocycles. The van der Waals surface area contributed by atoms with Crippen molar-refractivity contribution < 1.29 is 14.3 Å². The van der Waals surface area contributed by atoms with Gasteiger partial charge in [0.1, 0.15) is 5.75 Å². The van der Waals surface area contributed by atoms with Crippen LogP contribution in [0.4, 0.5) is 5.69 Å². The Bertz CT molecular complexity index is 681. The molecule has 0 radical (unpaired) electrons. The van der Waals surface area contributed by atoms with E-state index in [1.165, 1.54) is 12.8 Å². The van der Waals surface area contributed by atoms with Gasteiger partial charge in [0.15, 0.2) is 0 Å². The fraction of sp³-hybridized carbons (Fsp3) is 0.619. The zero-order valence-electron chi connectivity index (χ0n) is 16.6. The molecule has 2 aliphatic heterocycles. The molecular formula is C21H30ClN3O3. The largest absolute Gasteiger partial charge is 0.495 e. The Morgan fingerprint density at radius 1 is 1.11 bits per heavy atom. The number of carbonyl (C=O) groups is 2. The molecule has 0 bridgehead atoms. The molecule has 28 heavy (non-hydrogen) atoms. The summed E-state index contributed by atoms with van der Waals surface area (Å²) in [6.07, 6.45) is 6.35. The van der Waals surface area contributed by atoms with E-state index in [1.807, 2.05) is 0 Å². The van der Waals surface area contributed by atoms with Crippen molar-refractivity contribution in [1.29, 1.82) is 0 Å². The second-order valence-corrected chi connectivity index (χ2v) is 8.12. The van der Waals surface area contributed by atoms with Crippen LogP contribution in [0.2, 0.25) is 5.02 Å². The fourth-order valence-electron chi connectivity index (χ4n) is 4.06. The summed E-state index contributed by atoms with van der Waals surface area (Å²) in [5.41, 5.74) is 0.575. The van der Waals surface area contributed by atoms with Gasteiger partial charge in [0, 0.05) is 24.0 Å². The van der Waals surface area contributed by atoms with Crippen LogP contribution in [-0.2, 0) is 9.59 Å². The van der Waals surface area contributed by atoms with Crippen LogP contribution in [0, 0.1) is 5.92 Å². The maximum atomic E-state index is 12.8. The minimum atomic E-state index is -0.0992. The van der Waals surface area contributed by atoms with E-state index in [4.69, 9.17) is 16.3 Å². The molecule has 7 heteroatoms. The van der Waals surface area contributed by atoms with Crippen molar-refractivity contribution in [2.75, 3.05) is 45.2 Å². The summed E-state index contributed by atoms with van der Waals surface area (Å²) in [7, 11) is 1.56. The van der Waals surface area contributed by atoms with Crippen molar-refractivity contribution in [2.24, 2.45) is 5.92 Å². The van der Waals surface area contributed by atoms with Gasteiger partial charge < -0.3 is 15.0 Å². The molecule has 1 aromatic rings. The summed E-state index contributed by atoms with van der Waals surface area (Å²) in [5, 5.41) is 3.42. The van der Waals surface area contributed by atoms with E-state index >= 15 is 0 Å². The van der Waals surface area contributed by atoms with Gasteiger partial charge in [-0.2, -0.15) is 0 Å². The number of benzene rings is 1. The second-order valence-electron chi connectivity index (χ2n) is 7.68. The third kappa shape index (κ3) is 5.61. The average Bonchev–Trinajstić information content (AvgIpc) is 2.98. The number of methoxy groups -OCH3 is 1. The highest BCUT2D eigenvalue weighted by atomic mass is 35.5. The molecule has 0 spiro atoms.